The van der Waals surface area contributed by atoms with Gasteiger partial charge in [0.15, 0.2) is 5.78 Å². The van der Waals surface area contributed by atoms with Crippen LogP contribution in [0.2, 0.25) is 5.02 Å². The van der Waals surface area contributed by atoms with Crippen LogP contribution in [0.5, 0.6) is 0 Å². The lowest BCUT2D eigenvalue weighted by molar-refractivity contribution is -0.116. The van der Waals surface area contributed by atoms with Crippen LogP contribution in [0.15, 0.2) is 89.8 Å². The van der Waals surface area contributed by atoms with E-state index >= 15 is 0 Å². The number of carbonyl (C=O) groups is 2. The molecule has 0 aliphatic carbocycles. The Hall–Kier alpha value is -3.68. The lowest BCUT2D eigenvalue weighted by Crippen LogP contribution is -2.29. The first-order valence-electron chi connectivity index (χ1n) is 11.1. The summed E-state index contributed by atoms with van der Waals surface area (Å²) in [4.78, 5) is 26.0. The van der Waals surface area contributed by atoms with Crippen LogP contribution in [0.3, 0.4) is 0 Å². The molecule has 1 aliphatic rings. The van der Waals surface area contributed by atoms with Gasteiger partial charge in [0, 0.05) is 34.5 Å². The minimum Gasteiger partial charge on any atom is -0.325 e. The quantitative estimate of drug-likeness (QED) is 0.329. The largest absolute Gasteiger partial charge is 0.325 e. The van der Waals surface area contributed by atoms with Crippen molar-refractivity contribution in [2.45, 2.75) is 17.7 Å². The molecule has 1 amide bonds. The SMILES string of the molecule is O=C(CCCN1c2cccc3cccc(c23)S1(=O)=O)Nc1ccc(Cl)cc1C(=O)c1ccccc1. The van der Waals surface area contributed by atoms with E-state index in [0.717, 1.165) is 5.39 Å². The molecule has 0 fully saturated rings. The van der Waals surface area contributed by atoms with Crippen LogP contribution in [0.25, 0.3) is 10.8 Å². The number of sulfonamides is 1. The van der Waals surface area contributed by atoms with Crippen molar-refractivity contribution in [3.63, 3.8) is 0 Å². The van der Waals surface area contributed by atoms with Crippen molar-refractivity contribution >= 4 is 55.5 Å². The van der Waals surface area contributed by atoms with E-state index in [4.69, 9.17) is 11.6 Å². The number of hydrogen-bond donors (Lipinski definition) is 1. The van der Waals surface area contributed by atoms with Gasteiger partial charge in [0.25, 0.3) is 10.0 Å². The predicted octanol–water partition coefficient (Wildman–Crippen LogP) is 5.65. The Balaban J connectivity index is 1.29. The third-order valence-corrected chi connectivity index (χ3v) is 8.07. The smallest absolute Gasteiger partial charge is 0.265 e. The number of anilines is 2. The first kappa shape index (κ1) is 23.1. The molecule has 0 saturated carbocycles. The van der Waals surface area contributed by atoms with Crippen LogP contribution in [-0.4, -0.2) is 26.7 Å². The molecule has 1 heterocycles. The lowest BCUT2D eigenvalue weighted by atomic mass is 10.0. The first-order valence-corrected chi connectivity index (χ1v) is 12.9. The first-order chi connectivity index (χ1) is 16.9. The van der Waals surface area contributed by atoms with Gasteiger partial charge in [0.05, 0.1) is 16.3 Å². The van der Waals surface area contributed by atoms with Crippen molar-refractivity contribution in [2.75, 3.05) is 16.2 Å². The lowest BCUT2D eigenvalue weighted by Gasteiger charge is -2.18. The molecule has 0 bridgehead atoms. The minimum absolute atomic E-state index is 0.0833. The van der Waals surface area contributed by atoms with Crippen molar-refractivity contribution in [3.05, 3.63) is 101 Å². The molecule has 1 aliphatic heterocycles. The van der Waals surface area contributed by atoms with Gasteiger partial charge >= 0.3 is 0 Å². The maximum atomic E-state index is 13.1. The molecule has 4 aromatic rings. The van der Waals surface area contributed by atoms with E-state index in [1.807, 2.05) is 24.3 Å². The zero-order chi connectivity index (χ0) is 24.6. The molecule has 35 heavy (non-hydrogen) atoms. The van der Waals surface area contributed by atoms with Crippen molar-refractivity contribution < 1.29 is 18.0 Å². The monoisotopic (exact) mass is 504 g/mol. The number of ketones is 1. The number of amides is 1. The molecule has 0 spiro atoms. The van der Waals surface area contributed by atoms with Crippen LogP contribution >= 0.6 is 11.6 Å². The van der Waals surface area contributed by atoms with E-state index in [1.165, 1.54) is 10.4 Å². The molecule has 0 radical (unpaired) electrons. The Bertz CT molecular complexity index is 1560. The van der Waals surface area contributed by atoms with Gasteiger partial charge in [-0.1, -0.05) is 66.2 Å². The topological polar surface area (TPSA) is 83.6 Å². The maximum absolute atomic E-state index is 13.1. The number of rotatable bonds is 7. The number of nitrogens with one attached hydrogen (secondary N) is 1. The summed E-state index contributed by atoms with van der Waals surface area (Å²) in [7, 11) is -3.67. The number of nitrogens with zero attached hydrogens (tertiary/aromatic N) is 1. The van der Waals surface area contributed by atoms with Crippen LogP contribution in [0.4, 0.5) is 11.4 Å². The highest BCUT2D eigenvalue weighted by molar-refractivity contribution is 7.93. The third-order valence-electron chi connectivity index (χ3n) is 5.98. The zero-order valence-corrected chi connectivity index (χ0v) is 20.1. The highest BCUT2D eigenvalue weighted by Gasteiger charge is 2.35. The fraction of sp³-hybridized carbons (Fsp3) is 0.111. The predicted molar refractivity (Wildman–Crippen MR) is 138 cm³/mol. The van der Waals surface area contributed by atoms with Crippen LogP contribution in [0, 0.1) is 0 Å². The van der Waals surface area contributed by atoms with Crippen molar-refractivity contribution in [3.8, 4) is 0 Å². The average molecular weight is 505 g/mol. The third kappa shape index (κ3) is 4.29. The molecule has 0 saturated heterocycles. The summed E-state index contributed by atoms with van der Waals surface area (Å²) in [5.41, 5.74) is 1.77. The summed E-state index contributed by atoms with van der Waals surface area (Å²) < 4.78 is 27.6. The number of halogens is 1. The van der Waals surface area contributed by atoms with Crippen molar-refractivity contribution in [1.29, 1.82) is 0 Å². The fourth-order valence-corrected chi connectivity index (χ4v) is 6.27. The molecule has 5 rings (SSSR count). The van der Waals surface area contributed by atoms with Crippen molar-refractivity contribution in [1.82, 2.24) is 0 Å². The summed E-state index contributed by atoms with van der Waals surface area (Å²) in [5, 5.41) is 4.75. The van der Waals surface area contributed by atoms with Gasteiger partial charge in [-0.05, 0) is 42.1 Å². The van der Waals surface area contributed by atoms with Gasteiger partial charge in [-0.25, -0.2) is 8.42 Å². The van der Waals surface area contributed by atoms with Gasteiger partial charge in [-0.15, -0.1) is 0 Å². The van der Waals surface area contributed by atoms with E-state index in [9.17, 15) is 18.0 Å². The zero-order valence-electron chi connectivity index (χ0n) is 18.6. The highest BCUT2D eigenvalue weighted by atomic mass is 35.5. The van der Waals surface area contributed by atoms with E-state index in [2.05, 4.69) is 5.32 Å². The van der Waals surface area contributed by atoms with Gasteiger partial charge in [-0.2, -0.15) is 0 Å². The van der Waals surface area contributed by atoms with Crippen LogP contribution in [-0.2, 0) is 14.8 Å². The number of benzene rings is 4. The molecular weight excluding hydrogens is 484 g/mol. The van der Waals surface area contributed by atoms with E-state index < -0.39 is 10.0 Å². The molecule has 0 aromatic heterocycles. The molecule has 0 atom stereocenters. The second-order valence-corrected chi connectivity index (χ2v) is 10.5. The Morgan fingerprint density at radius 2 is 1.63 bits per heavy atom. The molecule has 0 unspecified atom stereocenters. The van der Waals surface area contributed by atoms with E-state index in [-0.39, 0.29) is 24.7 Å². The Morgan fingerprint density at radius 1 is 0.886 bits per heavy atom. The van der Waals surface area contributed by atoms with Gasteiger partial charge in [0.2, 0.25) is 5.91 Å². The van der Waals surface area contributed by atoms with E-state index in [0.29, 0.717) is 44.2 Å². The minimum atomic E-state index is -3.67. The summed E-state index contributed by atoms with van der Waals surface area (Å²) in [6, 6.07) is 24.2. The second kappa shape index (κ2) is 9.17. The Morgan fingerprint density at radius 3 is 2.40 bits per heavy atom. The van der Waals surface area contributed by atoms with Crippen molar-refractivity contribution in [2.24, 2.45) is 0 Å². The van der Waals surface area contributed by atoms with Crippen LogP contribution < -0.4 is 9.62 Å². The Labute approximate surface area is 208 Å². The average Bonchev–Trinajstić information content (AvgIpc) is 3.08. The van der Waals surface area contributed by atoms with Gasteiger partial charge in [-0.3, -0.25) is 13.9 Å². The summed E-state index contributed by atoms with van der Waals surface area (Å²) in [6.07, 6.45) is 0.394. The summed E-state index contributed by atoms with van der Waals surface area (Å²) in [5.74, 6) is -0.570. The molecule has 4 aromatic carbocycles. The normalized spacial score (nSPS) is 13.7. The van der Waals surface area contributed by atoms with Gasteiger partial charge < -0.3 is 5.32 Å². The highest BCUT2D eigenvalue weighted by Crippen LogP contribution is 2.42. The van der Waals surface area contributed by atoms with E-state index in [1.54, 1.807) is 54.6 Å². The number of hydrogen-bond acceptors (Lipinski definition) is 4. The van der Waals surface area contributed by atoms with Gasteiger partial charge in [0.1, 0.15) is 0 Å². The molecule has 6 nitrogen and oxygen atoms in total. The molecule has 8 heteroatoms. The maximum Gasteiger partial charge on any atom is 0.265 e. The fourth-order valence-electron chi connectivity index (χ4n) is 4.35. The van der Waals surface area contributed by atoms with Crippen LogP contribution in [0.1, 0.15) is 28.8 Å². The standard InChI is InChI=1S/C27H21ClN2O4S/c28-20-14-15-22(21(17-20)27(32)19-7-2-1-3-8-19)29-25(31)13-6-16-30-23-11-4-9-18-10-5-12-24(26(18)23)35(30,33)34/h1-5,7-12,14-15,17H,6,13,16H2,(H,29,31). The Kier molecular flexibility index (Phi) is 6.05. The number of carbonyl (C=O) groups excluding carboxylic acids is 2. The molecule has 176 valence electrons. The second-order valence-electron chi connectivity index (χ2n) is 8.25. The summed E-state index contributed by atoms with van der Waals surface area (Å²) in [6.45, 7) is 0.167. The summed E-state index contributed by atoms with van der Waals surface area (Å²) >= 11 is 6.11. The molecule has 1 N–H and O–H groups in total. The molecular formula is C27H21ClN2O4S.